The van der Waals surface area contributed by atoms with Gasteiger partial charge in [-0.3, -0.25) is 0 Å². The zero-order valence-electron chi connectivity index (χ0n) is 14.6. The normalized spacial score (nSPS) is 25.0. The van der Waals surface area contributed by atoms with Gasteiger partial charge in [0.1, 0.15) is 5.82 Å². The average molecular weight is 339 g/mol. The van der Waals surface area contributed by atoms with E-state index in [1.165, 1.54) is 0 Å². The van der Waals surface area contributed by atoms with Crippen molar-refractivity contribution in [2.45, 2.75) is 38.4 Å². The number of aliphatic hydroxyl groups is 1. The molecule has 5 heteroatoms. The number of aromatic nitrogens is 2. The van der Waals surface area contributed by atoms with Crippen LogP contribution in [0.5, 0.6) is 0 Å². The molecule has 1 N–H and O–H groups in total. The molecular weight excluding hydrogens is 314 g/mol. The number of anilines is 1. The standard InChI is InChI=1S/C20H25N3O2/c1-2-25-17-14-16(24)20(17)9-12-23(13-10-20)18-8-11-21-19(22-18)15-6-4-3-5-7-15/h3-8,11,16-17,24H,2,9-10,12-14H2,1H3/t16-,17-/m0/s1. The molecule has 0 radical (unpaired) electrons. The largest absolute Gasteiger partial charge is 0.392 e. The van der Waals surface area contributed by atoms with Crippen LogP contribution in [0.4, 0.5) is 5.82 Å². The number of piperidine rings is 1. The van der Waals surface area contributed by atoms with Crippen LogP contribution >= 0.6 is 0 Å². The van der Waals surface area contributed by atoms with E-state index in [9.17, 15) is 5.11 Å². The number of ether oxygens (including phenoxy) is 1. The first kappa shape index (κ1) is 16.5. The third-order valence-electron chi connectivity index (χ3n) is 5.80. The molecule has 4 rings (SSSR count). The Bertz CT molecular complexity index is 712. The quantitative estimate of drug-likeness (QED) is 0.928. The minimum atomic E-state index is -0.225. The molecule has 132 valence electrons. The fourth-order valence-electron chi connectivity index (χ4n) is 4.22. The summed E-state index contributed by atoms with van der Waals surface area (Å²) in [4.78, 5) is 11.5. The summed E-state index contributed by atoms with van der Waals surface area (Å²) in [7, 11) is 0. The lowest BCUT2D eigenvalue weighted by Gasteiger charge is -2.56. The van der Waals surface area contributed by atoms with Crippen molar-refractivity contribution in [3.63, 3.8) is 0 Å². The first-order valence-corrected chi connectivity index (χ1v) is 9.16. The molecule has 1 saturated heterocycles. The fraction of sp³-hybridized carbons (Fsp3) is 0.500. The zero-order valence-corrected chi connectivity index (χ0v) is 14.6. The Kier molecular flexibility index (Phi) is 4.44. The highest BCUT2D eigenvalue weighted by molar-refractivity contribution is 5.57. The maximum absolute atomic E-state index is 10.3. The molecule has 1 aliphatic heterocycles. The van der Waals surface area contributed by atoms with E-state index in [1.807, 2.05) is 49.5 Å². The highest BCUT2D eigenvalue weighted by Gasteiger charge is 2.56. The zero-order chi connectivity index (χ0) is 17.3. The predicted octanol–water partition coefficient (Wildman–Crippen LogP) is 2.90. The Labute approximate surface area is 148 Å². The number of benzene rings is 1. The van der Waals surface area contributed by atoms with Crippen molar-refractivity contribution in [3.8, 4) is 11.4 Å². The molecule has 2 atom stereocenters. The second-order valence-corrected chi connectivity index (χ2v) is 7.02. The van der Waals surface area contributed by atoms with Crippen molar-refractivity contribution < 1.29 is 9.84 Å². The van der Waals surface area contributed by atoms with Crippen LogP contribution in [-0.4, -0.2) is 47.0 Å². The fourth-order valence-corrected chi connectivity index (χ4v) is 4.22. The van der Waals surface area contributed by atoms with Crippen molar-refractivity contribution in [1.82, 2.24) is 9.97 Å². The van der Waals surface area contributed by atoms with E-state index in [1.54, 1.807) is 0 Å². The van der Waals surface area contributed by atoms with Gasteiger partial charge in [0, 0.05) is 43.3 Å². The highest BCUT2D eigenvalue weighted by Crippen LogP contribution is 2.51. The number of hydrogen-bond acceptors (Lipinski definition) is 5. The van der Waals surface area contributed by atoms with Gasteiger partial charge in [0.25, 0.3) is 0 Å². The second kappa shape index (κ2) is 6.73. The molecule has 0 bridgehead atoms. The molecule has 1 aromatic heterocycles. The monoisotopic (exact) mass is 339 g/mol. The molecule has 2 aliphatic rings. The smallest absolute Gasteiger partial charge is 0.161 e. The topological polar surface area (TPSA) is 58.5 Å². The second-order valence-electron chi connectivity index (χ2n) is 7.02. The number of rotatable bonds is 4. The third-order valence-corrected chi connectivity index (χ3v) is 5.80. The van der Waals surface area contributed by atoms with Gasteiger partial charge in [-0.2, -0.15) is 0 Å². The maximum atomic E-state index is 10.3. The van der Waals surface area contributed by atoms with Crippen LogP contribution < -0.4 is 4.90 Å². The van der Waals surface area contributed by atoms with Gasteiger partial charge in [-0.05, 0) is 25.8 Å². The SMILES string of the molecule is CCO[C@H]1C[C@H](O)C12CCN(c1ccnc(-c3ccccc3)n1)CC2. The Balaban J connectivity index is 1.48. The van der Waals surface area contributed by atoms with E-state index < -0.39 is 0 Å². The van der Waals surface area contributed by atoms with E-state index in [-0.39, 0.29) is 17.6 Å². The first-order chi connectivity index (χ1) is 12.2. The molecule has 2 heterocycles. The Morgan fingerprint density at radius 2 is 1.96 bits per heavy atom. The van der Waals surface area contributed by atoms with Crippen LogP contribution in [0, 0.1) is 5.41 Å². The molecule has 1 aliphatic carbocycles. The van der Waals surface area contributed by atoms with Crippen LogP contribution in [0.1, 0.15) is 26.2 Å². The van der Waals surface area contributed by atoms with Crippen molar-refractivity contribution in [3.05, 3.63) is 42.6 Å². The molecule has 0 unspecified atom stereocenters. The highest BCUT2D eigenvalue weighted by atomic mass is 16.5. The number of nitrogens with zero attached hydrogens (tertiary/aromatic N) is 3. The summed E-state index contributed by atoms with van der Waals surface area (Å²) in [5, 5.41) is 10.3. The van der Waals surface area contributed by atoms with Crippen molar-refractivity contribution in [2.75, 3.05) is 24.6 Å². The van der Waals surface area contributed by atoms with Crippen molar-refractivity contribution >= 4 is 5.82 Å². The summed E-state index contributed by atoms with van der Waals surface area (Å²) >= 11 is 0. The summed E-state index contributed by atoms with van der Waals surface area (Å²) in [5.74, 6) is 1.72. The van der Waals surface area contributed by atoms with Crippen LogP contribution in [-0.2, 0) is 4.74 Å². The van der Waals surface area contributed by atoms with E-state index in [4.69, 9.17) is 9.72 Å². The van der Waals surface area contributed by atoms with Crippen LogP contribution in [0.2, 0.25) is 0 Å². The Morgan fingerprint density at radius 3 is 2.64 bits per heavy atom. The van der Waals surface area contributed by atoms with Gasteiger partial charge >= 0.3 is 0 Å². The molecule has 1 aromatic carbocycles. The molecule has 5 nitrogen and oxygen atoms in total. The Morgan fingerprint density at radius 1 is 1.20 bits per heavy atom. The predicted molar refractivity (Wildman–Crippen MR) is 97.4 cm³/mol. The molecule has 1 saturated carbocycles. The average Bonchev–Trinajstić information content (AvgIpc) is 2.69. The summed E-state index contributed by atoms with van der Waals surface area (Å²) in [6.07, 6.45) is 4.49. The van der Waals surface area contributed by atoms with Crippen LogP contribution in [0.3, 0.4) is 0 Å². The molecule has 2 fully saturated rings. The van der Waals surface area contributed by atoms with Crippen LogP contribution in [0.15, 0.2) is 42.6 Å². The minimum Gasteiger partial charge on any atom is -0.392 e. The lowest BCUT2D eigenvalue weighted by atomic mass is 9.58. The van der Waals surface area contributed by atoms with Gasteiger partial charge < -0.3 is 14.7 Å². The molecule has 0 amide bonds. The lowest BCUT2D eigenvalue weighted by Crippen LogP contribution is -2.62. The number of hydrogen-bond donors (Lipinski definition) is 1. The van der Waals surface area contributed by atoms with Gasteiger partial charge in [0.05, 0.1) is 12.2 Å². The van der Waals surface area contributed by atoms with Crippen LogP contribution in [0.25, 0.3) is 11.4 Å². The van der Waals surface area contributed by atoms with E-state index >= 15 is 0 Å². The van der Waals surface area contributed by atoms with E-state index in [0.29, 0.717) is 0 Å². The summed E-state index contributed by atoms with van der Waals surface area (Å²) < 4.78 is 5.86. The molecule has 2 aromatic rings. The molecule has 25 heavy (non-hydrogen) atoms. The first-order valence-electron chi connectivity index (χ1n) is 9.16. The number of aliphatic hydroxyl groups excluding tert-OH is 1. The van der Waals surface area contributed by atoms with Gasteiger partial charge in [-0.15, -0.1) is 0 Å². The van der Waals surface area contributed by atoms with E-state index in [2.05, 4.69) is 9.88 Å². The van der Waals surface area contributed by atoms with E-state index in [0.717, 1.165) is 56.2 Å². The van der Waals surface area contributed by atoms with Gasteiger partial charge in [0.2, 0.25) is 0 Å². The summed E-state index contributed by atoms with van der Waals surface area (Å²) in [5.41, 5.74) is 0.977. The summed E-state index contributed by atoms with van der Waals surface area (Å²) in [6, 6.07) is 12.0. The van der Waals surface area contributed by atoms with Crippen molar-refractivity contribution in [2.24, 2.45) is 5.41 Å². The summed E-state index contributed by atoms with van der Waals surface area (Å²) in [6.45, 7) is 4.53. The minimum absolute atomic E-state index is 0.0538. The van der Waals surface area contributed by atoms with Gasteiger partial charge in [-0.1, -0.05) is 30.3 Å². The molecular formula is C20H25N3O2. The lowest BCUT2D eigenvalue weighted by molar-refractivity contribution is -0.199. The maximum Gasteiger partial charge on any atom is 0.161 e. The Hall–Kier alpha value is -1.98. The third kappa shape index (κ3) is 2.92. The van der Waals surface area contributed by atoms with Crippen molar-refractivity contribution in [1.29, 1.82) is 0 Å². The molecule has 1 spiro atoms. The van der Waals surface area contributed by atoms with Gasteiger partial charge in [0.15, 0.2) is 5.82 Å². The van der Waals surface area contributed by atoms with Gasteiger partial charge in [-0.25, -0.2) is 9.97 Å².